The Balaban J connectivity index is 3.09. The quantitative estimate of drug-likeness (QED) is 0.639. The average molecular weight is 229 g/mol. The van der Waals surface area contributed by atoms with Gasteiger partial charge in [-0.25, -0.2) is 0 Å². The molecule has 0 aromatic heterocycles. The molecule has 0 amide bonds. The highest BCUT2D eigenvalue weighted by Gasteiger charge is 1.99. The van der Waals surface area contributed by atoms with Crippen LogP contribution in [0, 0.1) is 17.3 Å². The van der Waals surface area contributed by atoms with Crippen LogP contribution in [0.3, 0.4) is 0 Å². The summed E-state index contributed by atoms with van der Waals surface area (Å²) in [5.41, 5.74) is 1.47. The van der Waals surface area contributed by atoms with E-state index < -0.39 is 0 Å². The van der Waals surface area contributed by atoms with Crippen LogP contribution >= 0.6 is 0 Å². The smallest absolute Gasteiger partial charge is 0.123 e. The zero-order valence-corrected chi connectivity index (χ0v) is 10.2. The number of ether oxygens (including phenoxy) is 2. The number of hydrogen-bond acceptors (Lipinski definition) is 3. The van der Waals surface area contributed by atoms with Crippen molar-refractivity contribution in [3.05, 3.63) is 35.4 Å². The Morgan fingerprint density at radius 1 is 1.18 bits per heavy atom. The third kappa shape index (κ3) is 3.69. The third-order valence-corrected chi connectivity index (χ3v) is 2.17. The van der Waals surface area contributed by atoms with Crippen molar-refractivity contribution in [3.63, 3.8) is 0 Å². The summed E-state index contributed by atoms with van der Waals surface area (Å²) in [6.45, 7) is 1.85. The molecule has 0 atom stereocenters. The van der Waals surface area contributed by atoms with Crippen molar-refractivity contribution >= 4 is 6.21 Å². The first-order chi connectivity index (χ1) is 8.23. The highest BCUT2D eigenvalue weighted by atomic mass is 16.5. The lowest BCUT2D eigenvalue weighted by Crippen LogP contribution is -1.88. The summed E-state index contributed by atoms with van der Waals surface area (Å²) < 4.78 is 10.3. The first-order valence-electron chi connectivity index (χ1n) is 5.15. The molecule has 0 radical (unpaired) electrons. The molecule has 0 aliphatic carbocycles. The van der Waals surface area contributed by atoms with Crippen molar-refractivity contribution in [2.24, 2.45) is 0 Å². The summed E-state index contributed by atoms with van der Waals surface area (Å²) in [4.78, 5) is 0. The van der Waals surface area contributed by atoms with Gasteiger partial charge in [0.25, 0.3) is 0 Å². The van der Waals surface area contributed by atoms with E-state index in [1.165, 1.54) is 6.21 Å². The Morgan fingerprint density at radius 2 is 1.76 bits per heavy atom. The molecule has 3 heteroatoms. The van der Waals surface area contributed by atoms with E-state index >= 15 is 0 Å². The summed E-state index contributed by atoms with van der Waals surface area (Å²) in [5.74, 6) is 7.26. The van der Waals surface area contributed by atoms with Crippen molar-refractivity contribution in [2.45, 2.75) is 6.92 Å². The minimum atomic E-state index is 0.673. The van der Waals surface area contributed by atoms with Gasteiger partial charge < -0.3 is 14.9 Å². The summed E-state index contributed by atoms with van der Waals surface area (Å²) >= 11 is 0. The van der Waals surface area contributed by atoms with E-state index in [2.05, 4.69) is 11.8 Å². The topological polar surface area (TPSA) is 42.3 Å². The number of hydrogen-bond donors (Lipinski definition) is 1. The Labute approximate surface area is 102 Å². The Morgan fingerprint density at radius 3 is 2.18 bits per heavy atom. The first-order valence-corrected chi connectivity index (χ1v) is 5.15. The number of rotatable bonds is 3. The number of benzene rings is 1. The average Bonchev–Trinajstić information content (AvgIpc) is 2.39. The Hall–Kier alpha value is -2.21. The normalized spacial score (nSPS) is 10.2. The molecule has 1 aromatic carbocycles. The van der Waals surface area contributed by atoms with Gasteiger partial charge in [0.05, 0.1) is 14.2 Å². The first kappa shape index (κ1) is 12.9. The molecule has 1 aromatic rings. The van der Waals surface area contributed by atoms with Gasteiger partial charge in [-0.15, -0.1) is 0 Å². The Kier molecular flexibility index (Phi) is 4.83. The van der Waals surface area contributed by atoms with Gasteiger partial charge in [-0.1, -0.05) is 17.9 Å². The van der Waals surface area contributed by atoms with Gasteiger partial charge in [0, 0.05) is 23.4 Å². The monoisotopic (exact) mass is 229 g/mol. The van der Waals surface area contributed by atoms with E-state index in [1.807, 2.05) is 19.1 Å². The van der Waals surface area contributed by atoms with Crippen LogP contribution in [0.4, 0.5) is 0 Å². The molecule has 0 unspecified atom stereocenters. The summed E-state index contributed by atoms with van der Waals surface area (Å²) in [7, 11) is 3.20. The number of methoxy groups -OCH3 is 2. The molecule has 1 rings (SSSR count). The maximum absolute atomic E-state index is 7.14. The summed E-state index contributed by atoms with van der Waals surface area (Å²) in [6.07, 6.45) is 3.02. The zero-order chi connectivity index (χ0) is 12.7. The number of allylic oxidation sites excluding steroid dienone is 2. The van der Waals surface area contributed by atoms with Crippen molar-refractivity contribution in [1.29, 1.82) is 5.41 Å². The molecule has 0 heterocycles. The zero-order valence-electron chi connectivity index (χ0n) is 10.2. The van der Waals surface area contributed by atoms with Gasteiger partial charge in [-0.2, -0.15) is 0 Å². The van der Waals surface area contributed by atoms with Gasteiger partial charge >= 0.3 is 0 Å². The lowest BCUT2D eigenvalue weighted by Gasteiger charge is -2.04. The summed E-state index contributed by atoms with van der Waals surface area (Å²) in [5, 5.41) is 7.14. The molecule has 0 fully saturated rings. The predicted molar refractivity (Wildman–Crippen MR) is 69.0 cm³/mol. The fourth-order valence-electron chi connectivity index (χ4n) is 1.22. The molecule has 0 aliphatic rings. The van der Waals surface area contributed by atoms with E-state index in [0.717, 1.165) is 5.56 Å². The van der Waals surface area contributed by atoms with Crippen LogP contribution in [-0.2, 0) is 0 Å². The second-order valence-corrected chi connectivity index (χ2v) is 3.24. The van der Waals surface area contributed by atoms with Crippen LogP contribution in [0.25, 0.3) is 0 Å². The van der Waals surface area contributed by atoms with E-state index in [9.17, 15) is 0 Å². The van der Waals surface area contributed by atoms with Crippen LogP contribution in [0.2, 0.25) is 0 Å². The number of nitrogens with one attached hydrogen (secondary N) is 1. The molecule has 0 spiro atoms. The van der Waals surface area contributed by atoms with Gasteiger partial charge in [0.1, 0.15) is 11.5 Å². The predicted octanol–water partition coefficient (Wildman–Crippen LogP) is 2.65. The van der Waals surface area contributed by atoms with E-state index in [-0.39, 0.29) is 0 Å². The molecular formula is C14H15NO2. The summed E-state index contributed by atoms with van der Waals surface area (Å²) in [6, 6.07) is 5.44. The van der Waals surface area contributed by atoms with E-state index in [0.29, 0.717) is 17.1 Å². The van der Waals surface area contributed by atoms with Crippen molar-refractivity contribution in [2.75, 3.05) is 14.2 Å². The second kappa shape index (κ2) is 6.39. The van der Waals surface area contributed by atoms with E-state index in [4.69, 9.17) is 14.9 Å². The fourth-order valence-corrected chi connectivity index (χ4v) is 1.22. The van der Waals surface area contributed by atoms with Crippen molar-refractivity contribution in [3.8, 4) is 23.3 Å². The molecule has 17 heavy (non-hydrogen) atoms. The molecule has 0 bridgehead atoms. The second-order valence-electron chi connectivity index (χ2n) is 3.24. The van der Waals surface area contributed by atoms with Crippen LogP contribution in [-0.4, -0.2) is 20.4 Å². The lowest BCUT2D eigenvalue weighted by molar-refractivity contribution is 0.394. The van der Waals surface area contributed by atoms with Gasteiger partial charge in [0.15, 0.2) is 0 Å². The largest absolute Gasteiger partial charge is 0.497 e. The fraction of sp³-hybridized carbons (Fsp3) is 0.214. The van der Waals surface area contributed by atoms with Crippen LogP contribution in [0.5, 0.6) is 11.5 Å². The SMILES string of the molecule is C/C=C(/C#Cc1cc(OC)cc(OC)c1)C=N. The lowest BCUT2D eigenvalue weighted by atomic mass is 10.2. The molecule has 0 saturated carbocycles. The van der Waals surface area contributed by atoms with Crippen LogP contribution in [0.1, 0.15) is 12.5 Å². The maximum atomic E-state index is 7.14. The molecule has 0 saturated heterocycles. The molecule has 88 valence electrons. The van der Waals surface area contributed by atoms with E-state index in [1.54, 1.807) is 26.4 Å². The minimum absolute atomic E-state index is 0.673. The van der Waals surface area contributed by atoms with Gasteiger partial charge in [-0.05, 0) is 19.1 Å². The standard InChI is InChI=1S/C14H15NO2/c1-4-11(10-15)5-6-12-7-13(16-2)9-14(8-12)17-3/h4,7-10,15H,1-3H3/b11-4-,15-10?. The highest BCUT2D eigenvalue weighted by Crippen LogP contribution is 2.21. The highest BCUT2D eigenvalue weighted by molar-refractivity contribution is 5.82. The van der Waals surface area contributed by atoms with Crippen LogP contribution < -0.4 is 9.47 Å². The Bertz CT molecular complexity index is 470. The molecule has 1 N–H and O–H groups in total. The molecule has 3 nitrogen and oxygen atoms in total. The van der Waals surface area contributed by atoms with Crippen LogP contribution in [0.15, 0.2) is 29.8 Å². The molecule has 0 aliphatic heterocycles. The minimum Gasteiger partial charge on any atom is -0.497 e. The van der Waals surface area contributed by atoms with Gasteiger partial charge in [0.2, 0.25) is 0 Å². The third-order valence-electron chi connectivity index (χ3n) is 2.17. The van der Waals surface area contributed by atoms with Gasteiger partial charge in [-0.3, -0.25) is 0 Å². The molecular weight excluding hydrogens is 214 g/mol. The van der Waals surface area contributed by atoms with Crippen molar-refractivity contribution in [1.82, 2.24) is 0 Å². The maximum Gasteiger partial charge on any atom is 0.123 e. The van der Waals surface area contributed by atoms with Crippen molar-refractivity contribution < 1.29 is 9.47 Å².